The average molecular weight is 321 g/mol. The Morgan fingerprint density at radius 2 is 2.23 bits per heavy atom. The van der Waals surface area contributed by atoms with Crippen LogP contribution in [-0.4, -0.2) is 36.1 Å². The van der Waals surface area contributed by atoms with Gasteiger partial charge in [-0.2, -0.15) is 0 Å². The maximum atomic E-state index is 11.8. The quantitative estimate of drug-likeness (QED) is 0.792. The van der Waals surface area contributed by atoms with Gasteiger partial charge < -0.3 is 10.1 Å². The highest BCUT2D eigenvalue weighted by molar-refractivity contribution is 7.98. The number of carbonyl (C=O) groups excluding carboxylic acids is 3. The van der Waals surface area contributed by atoms with E-state index in [1.807, 2.05) is 18.2 Å². The Labute approximate surface area is 131 Å². The molecule has 8 heteroatoms. The third-order valence-electron chi connectivity index (χ3n) is 3.62. The minimum atomic E-state index is -0.726. The Hall–Kier alpha value is -2.22. The van der Waals surface area contributed by atoms with Crippen molar-refractivity contribution < 1.29 is 19.1 Å². The number of cyclic esters (lactones) is 1. The molecule has 2 aliphatic heterocycles. The van der Waals surface area contributed by atoms with Crippen LogP contribution >= 0.6 is 11.9 Å². The number of likely N-dealkylation sites (N-methyl/N-ethyl adjacent to an activating group) is 1. The standard InChI is InChI=1S/C14H15N3O4S/c1-7(18)15-13-12(17(2)14(20)21-13)9-4-3-8-6-11(19)16-22-10(8)5-9/h3-5,12-13H,6H2,1-2H3,(H,15,18)(H,16,19). The van der Waals surface area contributed by atoms with Crippen LogP contribution in [0.5, 0.6) is 0 Å². The largest absolute Gasteiger partial charge is 0.423 e. The molecule has 0 spiro atoms. The van der Waals surface area contributed by atoms with E-state index in [1.54, 1.807) is 7.05 Å². The number of rotatable bonds is 2. The number of hydrogen-bond acceptors (Lipinski definition) is 5. The number of carbonyl (C=O) groups is 3. The van der Waals surface area contributed by atoms with Gasteiger partial charge in [0.25, 0.3) is 0 Å². The molecule has 3 amide bonds. The topological polar surface area (TPSA) is 87.7 Å². The lowest BCUT2D eigenvalue weighted by Gasteiger charge is -2.24. The van der Waals surface area contributed by atoms with Crippen molar-refractivity contribution in [3.63, 3.8) is 0 Å². The van der Waals surface area contributed by atoms with Gasteiger partial charge in [0.1, 0.15) is 6.04 Å². The van der Waals surface area contributed by atoms with Crippen molar-refractivity contribution in [2.24, 2.45) is 0 Å². The molecule has 7 nitrogen and oxygen atoms in total. The predicted molar refractivity (Wildman–Crippen MR) is 78.7 cm³/mol. The highest BCUT2D eigenvalue weighted by atomic mass is 32.2. The van der Waals surface area contributed by atoms with Crippen LogP contribution in [0, 0.1) is 0 Å². The Morgan fingerprint density at radius 1 is 1.45 bits per heavy atom. The molecule has 1 saturated heterocycles. The van der Waals surface area contributed by atoms with Gasteiger partial charge in [0.2, 0.25) is 18.0 Å². The molecular weight excluding hydrogens is 306 g/mol. The third-order valence-corrected chi connectivity index (χ3v) is 4.55. The fraction of sp³-hybridized carbons (Fsp3) is 0.357. The van der Waals surface area contributed by atoms with Crippen LogP contribution in [0.4, 0.5) is 4.79 Å². The normalized spacial score (nSPS) is 23.6. The number of ether oxygens (including phenoxy) is 1. The van der Waals surface area contributed by atoms with E-state index in [-0.39, 0.29) is 11.8 Å². The molecule has 0 saturated carbocycles. The fourth-order valence-corrected chi connectivity index (χ4v) is 3.36. The number of fused-ring (bicyclic) bond motifs is 1. The van der Waals surface area contributed by atoms with Crippen molar-refractivity contribution in [3.8, 4) is 0 Å². The number of hydrogen-bond donors (Lipinski definition) is 2. The summed E-state index contributed by atoms with van der Waals surface area (Å²) >= 11 is 1.26. The molecule has 1 aromatic carbocycles. The van der Waals surface area contributed by atoms with E-state index in [2.05, 4.69) is 10.0 Å². The molecule has 1 fully saturated rings. The van der Waals surface area contributed by atoms with Crippen molar-refractivity contribution in [2.75, 3.05) is 7.05 Å². The van der Waals surface area contributed by atoms with E-state index in [9.17, 15) is 14.4 Å². The first-order valence-electron chi connectivity index (χ1n) is 6.75. The monoisotopic (exact) mass is 321 g/mol. The Balaban J connectivity index is 1.92. The van der Waals surface area contributed by atoms with Crippen LogP contribution in [0.2, 0.25) is 0 Å². The van der Waals surface area contributed by atoms with E-state index in [0.717, 1.165) is 16.0 Å². The van der Waals surface area contributed by atoms with Crippen LogP contribution in [0.15, 0.2) is 23.1 Å². The van der Waals surface area contributed by atoms with Crippen molar-refractivity contribution in [1.29, 1.82) is 0 Å². The second-order valence-corrected chi connectivity index (χ2v) is 6.08. The zero-order chi connectivity index (χ0) is 15.9. The maximum absolute atomic E-state index is 11.8. The van der Waals surface area contributed by atoms with Crippen molar-refractivity contribution in [3.05, 3.63) is 29.3 Å². The summed E-state index contributed by atoms with van der Waals surface area (Å²) in [5.74, 6) is -0.296. The molecule has 2 atom stereocenters. The molecule has 116 valence electrons. The molecule has 2 N–H and O–H groups in total. The molecule has 0 aromatic heterocycles. The van der Waals surface area contributed by atoms with Crippen molar-refractivity contribution >= 4 is 29.9 Å². The van der Waals surface area contributed by atoms with Gasteiger partial charge in [0, 0.05) is 18.9 Å². The summed E-state index contributed by atoms with van der Waals surface area (Å²) in [6.07, 6.45) is -0.869. The summed E-state index contributed by atoms with van der Waals surface area (Å²) in [6, 6.07) is 5.24. The van der Waals surface area contributed by atoms with Gasteiger partial charge >= 0.3 is 6.09 Å². The summed E-state index contributed by atoms with van der Waals surface area (Å²) < 4.78 is 7.91. The molecule has 0 aliphatic carbocycles. The number of amides is 3. The Kier molecular flexibility index (Phi) is 3.69. The lowest BCUT2D eigenvalue weighted by Crippen LogP contribution is -2.38. The first-order valence-corrected chi connectivity index (χ1v) is 7.56. The minimum Gasteiger partial charge on any atom is -0.423 e. The zero-order valence-corrected chi connectivity index (χ0v) is 12.9. The average Bonchev–Trinajstić information content (AvgIpc) is 2.72. The van der Waals surface area contributed by atoms with Gasteiger partial charge in [0.05, 0.1) is 6.42 Å². The van der Waals surface area contributed by atoms with E-state index >= 15 is 0 Å². The van der Waals surface area contributed by atoms with Gasteiger partial charge in [-0.3, -0.25) is 19.2 Å². The molecule has 3 rings (SSSR count). The summed E-state index contributed by atoms with van der Waals surface area (Å²) in [5.41, 5.74) is 1.79. The van der Waals surface area contributed by atoms with E-state index in [1.165, 1.54) is 23.8 Å². The van der Waals surface area contributed by atoms with Gasteiger partial charge in [-0.1, -0.05) is 12.1 Å². The van der Waals surface area contributed by atoms with E-state index in [0.29, 0.717) is 6.42 Å². The van der Waals surface area contributed by atoms with Gasteiger partial charge in [-0.05, 0) is 29.1 Å². The smallest absolute Gasteiger partial charge is 0.412 e. The second kappa shape index (κ2) is 5.53. The molecule has 2 unspecified atom stereocenters. The van der Waals surface area contributed by atoms with Crippen molar-refractivity contribution in [2.45, 2.75) is 30.5 Å². The first kappa shape index (κ1) is 14.7. The minimum absolute atomic E-state index is 0.0298. The molecule has 22 heavy (non-hydrogen) atoms. The first-order chi connectivity index (χ1) is 10.5. The highest BCUT2D eigenvalue weighted by Crippen LogP contribution is 2.34. The van der Waals surface area contributed by atoms with Crippen LogP contribution < -0.4 is 10.0 Å². The van der Waals surface area contributed by atoms with Gasteiger partial charge in [-0.15, -0.1) is 0 Å². The van der Waals surface area contributed by atoms with Crippen LogP contribution in [0.3, 0.4) is 0 Å². The molecule has 0 bridgehead atoms. The molecule has 2 aliphatic rings. The summed E-state index contributed by atoms with van der Waals surface area (Å²) in [6.45, 7) is 1.38. The number of benzene rings is 1. The van der Waals surface area contributed by atoms with Gasteiger partial charge in [-0.25, -0.2) is 4.79 Å². The lowest BCUT2D eigenvalue weighted by molar-refractivity contribution is -0.122. The summed E-state index contributed by atoms with van der Waals surface area (Å²) in [5, 5.41) is 2.64. The lowest BCUT2D eigenvalue weighted by atomic mass is 10.0. The Morgan fingerprint density at radius 3 is 2.95 bits per heavy atom. The molecule has 2 heterocycles. The molecule has 0 radical (unpaired) electrons. The van der Waals surface area contributed by atoms with Crippen LogP contribution in [0.1, 0.15) is 24.1 Å². The summed E-state index contributed by atoms with van der Waals surface area (Å²) in [4.78, 5) is 36.8. The predicted octanol–water partition coefficient (Wildman–Crippen LogP) is 0.951. The maximum Gasteiger partial charge on any atom is 0.412 e. The zero-order valence-electron chi connectivity index (χ0n) is 12.1. The SMILES string of the molecule is CC(=O)NC1OC(=O)N(C)C1c1ccc2c(c1)SNC(=O)C2. The summed E-state index contributed by atoms with van der Waals surface area (Å²) in [7, 11) is 1.63. The highest BCUT2D eigenvalue weighted by Gasteiger charge is 2.41. The van der Waals surface area contributed by atoms with Crippen molar-refractivity contribution in [1.82, 2.24) is 14.9 Å². The fourth-order valence-electron chi connectivity index (χ4n) is 2.60. The van der Waals surface area contributed by atoms with Crippen LogP contribution in [0.25, 0.3) is 0 Å². The molecular formula is C14H15N3O4S. The van der Waals surface area contributed by atoms with E-state index < -0.39 is 18.4 Å². The number of nitrogens with one attached hydrogen (secondary N) is 2. The third kappa shape index (κ3) is 2.61. The van der Waals surface area contributed by atoms with E-state index in [4.69, 9.17) is 4.74 Å². The van der Waals surface area contributed by atoms with Gasteiger partial charge in [0.15, 0.2) is 0 Å². The Bertz CT molecular complexity index is 661. The van der Waals surface area contributed by atoms with Crippen LogP contribution in [-0.2, 0) is 20.7 Å². The number of nitrogens with zero attached hydrogens (tertiary/aromatic N) is 1. The molecule has 1 aromatic rings. The second-order valence-electron chi connectivity index (χ2n) is 5.23.